The Labute approximate surface area is 177 Å². The second-order valence-electron chi connectivity index (χ2n) is 7.47. The van der Waals surface area contributed by atoms with E-state index in [0.717, 1.165) is 41.9 Å². The predicted octanol–water partition coefficient (Wildman–Crippen LogP) is 4.69. The van der Waals surface area contributed by atoms with E-state index in [-0.39, 0.29) is 24.4 Å². The van der Waals surface area contributed by atoms with Crippen molar-refractivity contribution in [3.63, 3.8) is 0 Å². The first-order chi connectivity index (χ1) is 13.6. The van der Waals surface area contributed by atoms with Crippen molar-refractivity contribution in [3.8, 4) is 0 Å². The standard InChI is InChI=1S/C23H26N4O.ClH/c1-16-15-25-27(21-12-6-9-17-7-2-4-10-19(17)21)23(16)26-22(28)14-13-18-8-3-5-11-20(18)24;/h2-5,7-8,10-11,15,21H,6,9,12-14,24H2,1H3,(H,26,28);1H. The number of fused-ring (bicyclic) bond motifs is 1. The van der Waals surface area contributed by atoms with Gasteiger partial charge in [-0.25, -0.2) is 4.68 Å². The molecule has 0 radical (unpaired) electrons. The van der Waals surface area contributed by atoms with Crippen LogP contribution in [0.5, 0.6) is 0 Å². The second-order valence-corrected chi connectivity index (χ2v) is 7.47. The number of carbonyl (C=O) groups excluding carboxylic acids is 1. The Morgan fingerprint density at radius 3 is 2.79 bits per heavy atom. The molecule has 1 atom stereocenters. The van der Waals surface area contributed by atoms with Gasteiger partial charge in [0.2, 0.25) is 5.91 Å². The van der Waals surface area contributed by atoms with E-state index in [4.69, 9.17) is 5.73 Å². The quantitative estimate of drug-likeness (QED) is 0.599. The van der Waals surface area contributed by atoms with Crippen LogP contribution in [0.3, 0.4) is 0 Å². The molecule has 1 amide bonds. The van der Waals surface area contributed by atoms with Crippen molar-refractivity contribution >= 4 is 29.8 Å². The number of rotatable bonds is 5. The van der Waals surface area contributed by atoms with Gasteiger partial charge in [-0.15, -0.1) is 12.4 Å². The molecule has 0 saturated heterocycles. The van der Waals surface area contributed by atoms with Crippen molar-refractivity contribution in [1.29, 1.82) is 0 Å². The number of aryl methyl sites for hydroxylation is 3. The van der Waals surface area contributed by atoms with Crippen molar-refractivity contribution in [2.75, 3.05) is 11.1 Å². The second kappa shape index (κ2) is 9.14. The zero-order valence-electron chi connectivity index (χ0n) is 16.6. The molecule has 0 aliphatic heterocycles. The molecule has 0 bridgehead atoms. The Balaban J connectivity index is 0.00000240. The van der Waals surface area contributed by atoms with Crippen LogP contribution in [-0.4, -0.2) is 15.7 Å². The van der Waals surface area contributed by atoms with E-state index in [9.17, 15) is 4.79 Å². The largest absolute Gasteiger partial charge is 0.399 e. The van der Waals surface area contributed by atoms with E-state index < -0.39 is 0 Å². The maximum absolute atomic E-state index is 12.6. The van der Waals surface area contributed by atoms with Gasteiger partial charge in [0.25, 0.3) is 0 Å². The first kappa shape index (κ1) is 20.9. The number of nitrogen functional groups attached to an aromatic ring is 1. The summed E-state index contributed by atoms with van der Waals surface area (Å²) in [6.07, 6.45) is 6.11. The Morgan fingerprint density at radius 2 is 1.97 bits per heavy atom. The summed E-state index contributed by atoms with van der Waals surface area (Å²) >= 11 is 0. The molecule has 29 heavy (non-hydrogen) atoms. The number of anilines is 2. The molecule has 1 heterocycles. The molecule has 5 nitrogen and oxygen atoms in total. The van der Waals surface area contributed by atoms with Gasteiger partial charge in [-0.3, -0.25) is 4.79 Å². The Morgan fingerprint density at radius 1 is 1.21 bits per heavy atom. The van der Waals surface area contributed by atoms with Crippen LogP contribution in [-0.2, 0) is 17.6 Å². The fourth-order valence-electron chi connectivity index (χ4n) is 4.03. The lowest BCUT2D eigenvalue weighted by molar-refractivity contribution is -0.116. The molecule has 2 aromatic carbocycles. The zero-order chi connectivity index (χ0) is 19.5. The van der Waals surface area contributed by atoms with Gasteiger partial charge in [0.15, 0.2) is 0 Å². The summed E-state index contributed by atoms with van der Waals surface area (Å²) in [5.41, 5.74) is 11.4. The Hall–Kier alpha value is -2.79. The van der Waals surface area contributed by atoms with Gasteiger partial charge in [0.05, 0.1) is 12.2 Å². The number of amides is 1. The van der Waals surface area contributed by atoms with Crippen LogP contribution in [0.2, 0.25) is 0 Å². The van der Waals surface area contributed by atoms with Crippen molar-refractivity contribution in [1.82, 2.24) is 9.78 Å². The molecule has 4 rings (SSSR count). The number of hydrogen-bond acceptors (Lipinski definition) is 3. The van der Waals surface area contributed by atoms with Crippen LogP contribution in [0.15, 0.2) is 54.7 Å². The molecule has 1 unspecified atom stereocenters. The van der Waals surface area contributed by atoms with Crippen molar-refractivity contribution in [2.24, 2.45) is 0 Å². The Bertz CT molecular complexity index is 998. The summed E-state index contributed by atoms with van der Waals surface area (Å²) in [5, 5.41) is 7.70. The normalized spacial score (nSPS) is 15.3. The summed E-state index contributed by atoms with van der Waals surface area (Å²) < 4.78 is 1.99. The van der Waals surface area contributed by atoms with Crippen LogP contribution in [0, 0.1) is 6.92 Å². The minimum Gasteiger partial charge on any atom is -0.399 e. The van der Waals surface area contributed by atoms with Gasteiger partial charge in [-0.1, -0.05) is 42.5 Å². The fraction of sp³-hybridized carbons (Fsp3) is 0.304. The van der Waals surface area contributed by atoms with E-state index in [1.54, 1.807) is 0 Å². The van der Waals surface area contributed by atoms with Crippen LogP contribution < -0.4 is 11.1 Å². The molecule has 0 spiro atoms. The highest BCUT2D eigenvalue weighted by Gasteiger charge is 2.25. The average molecular weight is 411 g/mol. The molecule has 0 saturated carbocycles. The summed E-state index contributed by atoms with van der Waals surface area (Å²) in [5.74, 6) is 0.782. The lowest BCUT2D eigenvalue weighted by Crippen LogP contribution is -2.23. The number of aromatic nitrogens is 2. The third kappa shape index (κ3) is 4.46. The molecule has 6 heteroatoms. The van der Waals surface area contributed by atoms with Crippen molar-refractivity contribution in [3.05, 3.63) is 77.0 Å². The molecule has 1 aromatic heterocycles. The molecular weight excluding hydrogens is 384 g/mol. The molecule has 3 N–H and O–H groups in total. The number of nitrogens with one attached hydrogen (secondary N) is 1. The maximum atomic E-state index is 12.6. The van der Waals surface area contributed by atoms with Crippen LogP contribution in [0.25, 0.3) is 0 Å². The first-order valence-corrected chi connectivity index (χ1v) is 9.88. The number of nitrogens with zero attached hydrogens (tertiary/aromatic N) is 2. The molecule has 3 aromatic rings. The van der Waals surface area contributed by atoms with Gasteiger partial charge in [-0.2, -0.15) is 5.10 Å². The topological polar surface area (TPSA) is 72.9 Å². The number of benzene rings is 2. The highest BCUT2D eigenvalue weighted by Crippen LogP contribution is 2.35. The molecule has 0 fully saturated rings. The summed E-state index contributed by atoms with van der Waals surface area (Å²) in [4.78, 5) is 12.6. The zero-order valence-corrected chi connectivity index (χ0v) is 17.4. The fourth-order valence-corrected chi connectivity index (χ4v) is 4.03. The number of halogens is 1. The minimum absolute atomic E-state index is 0. The number of hydrogen-bond donors (Lipinski definition) is 2. The SMILES string of the molecule is Cc1cnn(C2CCCc3ccccc32)c1NC(=O)CCc1ccccc1N.Cl. The maximum Gasteiger partial charge on any atom is 0.225 e. The number of para-hydroxylation sites is 1. The van der Waals surface area contributed by atoms with E-state index in [0.29, 0.717) is 12.8 Å². The van der Waals surface area contributed by atoms with Gasteiger partial charge in [0.1, 0.15) is 5.82 Å². The number of carbonyl (C=O) groups is 1. The first-order valence-electron chi connectivity index (χ1n) is 9.88. The number of nitrogens with two attached hydrogens (primary N) is 1. The lowest BCUT2D eigenvalue weighted by atomic mass is 9.88. The van der Waals surface area contributed by atoms with Gasteiger partial charge in [0, 0.05) is 17.7 Å². The Kier molecular flexibility index (Phi) is 6.60. The van der Waals surface area contributed by atoms with Crippen LogP contribution >= 0.6 is 12.4 Å². The third-order valence-electron chi connectivity index (χ3n) is 5.55. The average Bonchev–Trinajstić information content (AvgIpc) is 3.07. The molecule has 1 aliphatic rings. The van der Waals surface area contributed by atoms with Crippen LogP contribution in [0.1, 0.15) is 47.6 Å². The van der Waals surface area contributed by atoms with E-state index >= 15 is 0 Å². The van der Waals surface area contributed by atoms with Crippen molar-refractivity contribution in [2.45, 2.75) is 45.1 Å². The summed E-state index contributed by atoms with van der Waals surface area (Å²) in [7, 11) is 0. The van der Waals surface area contributed by atoms with Gasteiger partial charge < -0.3 is 11.1 Å². The monoisotopic (exact) mass is 410 g/mol. The van der Waals surface area contributed by atoms with Crippen molar-refractivity contribution < 1.29 is 4.79 Å². The summed E-state index contributed by atoms with van der Waals surface area (Å²) in [6, 6.07) is 16.4. The van der Waals surface area contributed by atoms with E-state index in [1.165, 1.54) is 11.1 Å². The highest BCUT2D eigenvalue weighted by molar-refractivity contribution is 5.90. The third-order valence-corrected chi connectivity index (χ3v) is 5.55. The van der Waals surface area contributed by atoms with Gasteiger partial charge >= 0.3 is 0 Å². The van der Waals surface area contributed by atoms with E-state index in [2.05, 4.69) is 34.7 Å². The molecule has 152 valence electrons. The molecule has 1 aliphatic carbocycles. The van der Waals surface area contributed by atoms with Gasteiger partial charge in [-0.05, 0) is 55.4 Å². The predicted molar refractivity (Wildman–Crippen MR) is 120 cm³/mol. The molecular formula is C23H27ClN4O. The van der Waals surface area contributed by atoms with E-state index in [1.807, 2.05) is 42.1 Å². The van der Waals surface area contributed by atoms with Crippen LogP contribution in [0.4, 0.5) is 11.5 Å². The highest BCUT2D eigenvalue weighted by atomic mass is 35.5. The smallest absolute Gasteiger partial charge is 0.225 e. The summed E-state index contributed by atoms with van der Waals surface area (Å²) in [6.45, 7) is 1.99. The lowest BCUT2D eigenvalue weighted by Gasteiger charge is -2.27. The minimum atomic E-state index is -0.0165.